The second-order valence-corrected chi connectivity index (χ2v) is 12.2. The van der Waals surface area contributed by atoms with E-state index >= 15 is 0 Å². The van der Waals surface area contributed by atoms with Crippen molar-refractivity contribution >= 4 is 36.1 Å². The molecule has 1 saturated heterocycles. The summed E-state index contributed by atoms with van der Waals surface area (Å²) in [6, 6.07) is 3.43. The van der Waals surface area contributed by atoms with Gasteiger partial charge in [0.1, 0.15) is 17.4 Å². The van der Waals surface area contributed by atoms with Crippen molar-refractivity contribution in [3.05, 3.63) is 40.7 Å². The third kappa shape index (κ3) is 6.84. The predicted octanol–water partition coefficient (Wildman–Crippen LogP) is 0.786. The molecule has 15 nitrogen and oxygen atoms in total. The number of rotatable bonds is 10. The Morgan fingerprint density at radius 1 is 1.14 bits per heavy atom. The van der Waals surface area contributed by atoms with Crippen LogP contribution in [0.4, 0.5) is 13.2 Å². The molecule has 2 heterocycles. The quantitative estimate of drug-likeness (QED) is 0.150. The highest BCUT2D eigenvalue weighted by molar-refractivity contribution is 5.88. The molecule has 49 heavy (non-hydrogen) atoms. The molecule has 2 aliphatic carbocycles. The molecule has 1 aromatic rings. The van der Waals surface area contributed by atoms with Gasteiger partial charge < -0.3 is 44.3 Å². The summed E-state index contributed by atoms with van der Waals surface area (Å²) in [5, 5.41) is 40.5. The monoisotopic (exact) mass is 701 g/mol. The molecule has 4 N–H and O–H groups in total. The number of ether oxygens (including phenoxy) is 4. The van der Waals surface area contributed by atoms with Crippen LogP contribution >= 0.6 is 0 Å². The number of nitrogens with zero attached hydrogens (tertiary/aromatic N) is 1. The molecule has 2 aliphatic heterocycles. The summed E-state index contributed by atoms with van der Waals surface area (Å²) in [6.07, 6.45) is -9.05. The molecule has 0 aromatic heterocycles. The van der Waals surface area contributed by atoms with E-state index in [-0.39, 0.29) is 24.8 Å². The highest BCUT2D eigenvalue weighted by Gasteiger charge is 2.72. The van der Waals surface area contributed by atoms with E-state index in [4.69, 9.17) is 28.8 Å². The first-order valence-electron chi connectivity index (χ1n) is 14.9. The third-order valence-electron chi connectivity index (χ3n) is 9.22. The van der Waals surface area contributed by atoms with Crippen molar-refractivity contribution in [3.8, 4) is 5.75 Å². The molecule has 268 valence electrons. The smallest absolute Gasteiger partial charge is 0.446 e. The summed E-state index contributed by atoms with van der Waals surface area (Å²) < 4.78 is 53.2. The van der Waals surface area contributed by atoms with Gasteiger partial charge in [0, 0.05) is 30.5 Å². The van der Waals surface area contributed by atoms with Crippen molar-refractivity contribution in [3.63, 3.8) is 0 Å². The number of piperidine rings is 1. The maximum absolute atomic E-state index is 13.4. The standard InChI is InChI=1S/C29H33NO13.C2HF3O/c1-13(22(40-14(2)32)27(38)42-18(25(35)36)11-20(33)34)26(37)41-17-6-7-29(39)19-10-15-4-5-16(12-31)23-21(15)28(29,24(17)43-23)8-9-30(19)3;3-2(4,5)1-6/h4-6,13,18-19,22,24,31,39H,7-12H2,1-3H3,(H,33,34)(H,35,36);1H/t13-,18+,19-,22-,24+,28+,29-;/m1./s1. The maximum atomic E-state index is 13.4. The van der Waals surface area contributed by atoms with Gasteiger partial charge in [-0.25, -0.2) is 9.59 Å². The van der Waals surface area contributed by atoms with Crippen LogP contribution in [0.5, 0.6) is 5.75 Å². The minimum Gasteiger partial charge on any atom is -0.481 e. The van der Waals surface area contributed by atoms with Crippen molar-refractivity contribution in [1.82, 2.24) is 4.90 Å². The molecule has 0 unspecified atom stereocenters. The number of benzene rings is 1. The lowest BCUT2D eigenvalue weighted by Crippen LogP contribution is -2.74. The normalized spacial score (nSPS) is 26.6. The Hall–Kier alpha value is -4.55. The molecule has 5 rings (SSSR count). The molecule has 18 heteroatoms. The summed E-state index contributed by atoms with van der Waals surface area (Å²) in [6.45, 7) is 2.48. The first kappa shape index (κ1) is 37.3. The van der Waals surface area contributed by atoms with Crippen LogP contribution < -0.4 is 4.74 Å². The first-order chi connectivity index (χ1) is 22.8. The topological polar surface area (TPSA) is 224 Å². The zero-order valence-corrected chi connectivity index (χ0v) is 26.4. The molecule has 1 spiro atoms. The third-order valence-corrected chi connectivity index (χ3v) is 9.22. The maximum Gasteiger partial charge on any atom is 0.446 e. The molecular formula is C31H34F3NO14. The molecule has 0 amide bonds. The number of hydrogen-bond acceptors (Lipinski definition) is 13. The number of aliphatic hydroxyl groups excluding tert-OH is 1. The van der Waals surface area contributed by atoms with Gasteiger partial charge in [0.2, 0.25) is 18.5 Å². The molecule has 1 fully saturated rings. The van der Waals surface area contributed by atoms with Crippen LogP contribution in [-0.4, -0.2) is 111 Å². The number of halogens is 3. The van der Waals surface area contributed by atoms with Crippen LogP contribution in [0, 0.1) is 5.92 Å². The number of aliphatic carboxylic acids is 2. The van der Waals surface area contributed by atoms with Crippen LogP contribution in [-0.2, 0) is 61.4 Å². The van der Waals surface area contributed by atoms with Crippen molar-refractivity contribution in [2.24, 2.45) is 5.92 Å². The Bertz CT molecular complexity index is 1580. The SMILES string of the molecule is CC(=O)O[C@@H](C(=O)O[C@@H](CC(=O)O)C(=O)O)[C@@H](C)C(=O)OC1=CC[C@@]2(O)[C@H]3Cc4ccc(CO)c5c4[C@@]2(CCN3C)[C@H]1O5.O=CC(F)(F)F. The fourth-order valence-corrected chi connectivity index (χ4v) is 7.04. The van der Waals surface area contributed by atoms with Gasteiger partial charge in [-0.2, -0.15) is 13.2 Å². The fourth-order valence-electron chi connectivity index (χ4n) is 7.04. The van der Waals surface area contributed by atoms with E-state index < -0.39 is 84.0 Å². The molecule has 1 aromatic carbocycles. The van der Waals surface area contributed by atoms with Crippen LogP contribution in [0.15, 0.2) is 24.0 Å². The van der Waals surface area contributed by atoms with E-state index in [1.807, 2.05) is 13.1 Å². The Balaban J connectivity index is 0.000000827. The van der Waals surface area contributed by atoms with Crippen LogP contribution in [0.3, 0.4) is 0 Å². The summed E-state index contributed by atoms with van der Waals surface area (Å²) in [5.41, 5.74) is -0.00757. The van der Waals surface area contributed by atoms with E-state index in [0.717, 1.165) is 18.1 Å². The zero-order valence-electron chi connectivity index (χ0n) is 26.4. The Morgan fingerprint density at radius 2 is 1.80 bits per heavy atom. The van der Waals surface area contributed by atoms with Crippen molar-refractivity contribution in [2.75, 3.05) is 13.6 Å². The number of esters is 3. The number of aliphatic hydroxyl groups is 2. The van der Waals surface area contributed by atoms with Gasteiger partial charge in [-0.3, -0.25) is 19.2 Å². The van der Waals surface area contributed by atoms with E-state index in [0.29, 0.717) is 30.7 Å². The van der Waals surface area contributed by atoms with Gasteiger partial charge in [0.05, 0.1) is 24.0 Å². The molecule has 2 bridgehead atoms. The number of carboxylic acid groups (broad SMARTS) is 2. The van der Waals surface area contributed by atoms with E-state index in [9.17, 15) is 52.5 Å². The highest BCUT2D eigenvalue weighted by Crippen LogP contribution is 2.64. The minimum absolute atomic E-state index is 0.0713. The van der Waals surface area contributed by atoms with Gasteiger partial charge in [-0.05, 0) is 45.0 Å². The molecule has 7 atom stereocenters. The molecule has 0 radical (unpaired) electrons. The van der Waals surface area contributed by atoms with E-state index in [2.05, 4.69) is 4.90 Å². The highest BCUT2D eigenvalue weighted by atomic mass is 19.4. The van der Waals surface area contributed by atoms with Gasteiger partial charge in [0.25, 0.3) is 0 Å². The van der Waals surface area contributed by atoms with Crippen molar-refractivity contribution in [2.45, 2.75) is 87.7 Å². The number of carbonyl (C=O) groups excluding carboxylic acids is 4. The average Bonchev–Trinajstić information content (AvgIpc) is 3.37. The lowest BCUT2D eigenvalue weighted by Gasteiger charge is -2.61. The Morgan fingerprint density at radius 3 is 2.35 bits per heavy atom. The van der Waals surface area contributed by atoms with E-state index in [1.54, 1.807) is 12.1 Å². The summed E-state index contributed by atoms with van der Waals surface area (Å²) in [7, 11) is 1.94. The lowest BCUT2D eigenvalue weighted by atomic mass is 9.50. The van der Waals surface area contributed by atoms with Gasteiger partial charge in [0.15, 0.2) is 6.10 Å². The second kappa shape index (κ2) is 13.8. The average molecular weight is 702 g/mol. The first-order valence-corrected chi connectivity index (χ1v) is 14.9. The fraction of sp³-hybridized carbons (Fsp3) is 0.548. The minimum atomic E-state index is -4.64. The van der Waals surface area contributed by atoms with Gasteiger partial charge in [-0.1, -0.05) is 12.1 Å². The number of likely N-dealkylation sites (tertiary alicyclic amines) is 1. The summed E-state index contributed by atoms with van der Waals surface area (Å²) in [4.78, 5) is 71.3. The number of carbonyl (C=O) groups is 6. The van der Waals surface area contributed by atoms with E-state index in [1.165, 1.54) is 6.92 Å². The lowest BCUT2D eigenvalue weighted by molar-refractivity contribution is -0.185. The molecule has 4 aliphatic rings. The number of likely N-dealkylation sites (N-methyl/N-ethyl adjacent to an activating group) is 1. The van der Waals surface area contributed by atoms with Gasteiger partial charge >= 0.3 is 36.0 Å². The number of alkyl halides is 3. The predicted molar refractivity (Wildman–Crippen MR) is 154 cm³/mol. The number of carboxylic acids is 2. The second-order valence-electron chi connectivity index (χ2n) is 12.2. The Kier molecular flexibility index (Phi) is 10.5. The Labute approximate surface area is 276 Å². The zero-order chi connectivity index (χ0) is 36.6. The van der Waals surface area contributed by atoms with Crippen molar-refractivity contribution in [1.29, 1.82) is 0 Å². The number of hydrogen-bond donors (Lipinski definition) is 4. The summed E-state index contributed by atoms with van der Waals surface area (Å²) >= 11 is 0. The molecular weight excluding hydrogens is 667 g/mol. The van der Waals surface area contributed by atoms with Crippen LogP contribution in [0.2, 0.25) is 0 Å². The summed E-state index contributed by atoms with van der Waals surface area (Å²) in [5.74, 6) is -7.76. The van der Waals surface area contributed by atoms with Crippen LogP contribution in [0.25, 0.3) is 0 Å². The van der Waals surface area contributed by atoms with Gasteiger partial charge in [-0.15, -0.1) is 0 Å². The van der Waals surface area contributed by atoms with Crippen LogP contribution in [0.1, 0.15) is 49.8 Å². The molecule has 0 saturated carbocycles. The largest absolute Gasteiger partial charge is 0.481 e. The number of aldehydes is 1. The van der Waals surface area contributed by atoms with Crippen molar-refractivity contribution < 1.29 is 81.3 Å².